The largest absolute Gasteiger partial charge is 0.382 e. The molecule has 0 fully saturated rings. The summed E-state index contributed by atoms with van der Waals surface area (Å²) < 4.78 is 1.66. The molecule has 0 aliphatic rings. The Morgan fingerprint density at radius 2 is 1.97 bits per heavy atom. The first kappa shape index (κ1) is 18.9. The Bertz CT molecular complexity index is 1210. The molecule has 146 valence electrons. The molecular formula is C20H17ClN6O2. The highest BCUT2D eigenvalue weighted by Gasteiger charge is 2.18. The zero-order valence-electron chi connectivity index (χ0n) is 15.4. The number of carbonyl (C=O) groups excluding carboxylic acids is 1. The Labute approximate surface area is 171 Å². The standard InChI is InChI=1S/C20H17ClN6O2/c1-11-16-17(19(22)24-10-23-16)27(26-11)15-7-5-14(6-8-15)25-20(29)18(28)12-3-2-4-13(21)9-12/h2-10,18,28H,1H3,(H,25,29)(H2,22,23,24). The van der Waals surface area contributed by atoms with Crippen LogP contribution in [0.3, 0.4) is 0 Å². The second-order valence-electron chi connectivity index (χ2n) is 6.45. The summed E-state index contributed by atoms with van der Waals surface area (Å²) in [6, 6.07) is 13.5. The van der Waals surface area contributed by atoms with E-state index in [0.717, 1.165) is 11.4 Å². The zero-order chi connectivity index (χ0) is 20.5. The number of nitrogens with two attached hydrogens (primary N) is 1. The van der Waals surface area contributed by atoms with Gasteiger partial charge in [0.25, 0.3) is 5.91 Å². The number of aliphatic hydroxyl groups excluding tert-OH is 1. The number of hydrogen-bond donors (Lipinski definition) is 3. The first-order valence-corrected chi connectivity index (χ1v) is 9.12. The van der Waals surface area contributed by atoms with Crippen molar-refractivity contribution in [3.63, 3.8) is 0 Å². The van der Waals surface area contributed by atoms with E-state index < -0.39 is 12.0 Å². The lowest BCUT2D eigenvalue weighted by molar-refractivity contribution is -0.124. The molecule has 2 aromatic heterocycles. The average Bonchev–Trinajstić information content (AvgIpc) is 3.06. The number of halogens is 1. The van der Waals surface area contributed by atoms with Gasteiger partial charge in [-0.3, -0.25) is 4.79 Å². The molecule has 4 N–H and O–H groups in total. The van der Waals surface area contributed by atoms with Crippen molar-refractivity contribution in [3.8, 4) is 5.69 Å². The number of aromatic nitrogens is 4. The van der Waals surface area contributed by atoms with E-state index in [1.807, 2.05) is 6.92 Å². The van der Waals surface area contributed by atoms with Gasteiger partial charge in [0.15, 0.2) is 11.9 Å². The number of aryl methyl sites for hydroxylation is 1. The van der Waals surface area contributed by atoms with E-state index in [9.17, 15) is 9.90 Å². The van der Waals surface area contributed by atoms with Crippen molar-refractivity contribution in [3.05, 3.63) is 71.1 Å². The highest BCUT2D eigenvalue weighted by atomic mass is 35.5. The summed E-state index contributed by atoms with van der Waals surface area (Å²) in [6.07, 6.45) is 0.0728. The van der Waals surface area contributed by atoms with Gasteiger partial charge in [-0.25, -0.2) is 14.6 Å². The van der Waals surface area contributed by atoms with Crippen LogP contribution in [0.15, 0.2) is 54.9 Å². The lowest BCUT2D eigenvalue weighted by atomic mass is 10.1. The predicted molar refractivity (Wildman–Crippen MR) is 111 cm³/mol. The first-order valence-electron chi connectivity index (χ1n) is 8.74. The van der Waals surface area contributed by atoms with Crippen molar-refractivity contribution in [2.24, 2.45) is 0 Å². The fourth-order valence-corrected chi connectivity index (χ4v) is 3.22. The summed E-state index contributed by atoms with van der Waals surface area (Å²) in [5.74, 6) is -0.226. The molecule has 4 aromatic rings. The Morgan fingerprint density at radius 3 is 2.69 bits per heavy atom. The summed E-state index contributed by atoms with van der Waals surface area (Å²) in [6.45, 7) is 1.84. The van der Waals surface area contributed by atoms with Gasteiger partial charge in [-0.15, -0.1) is 0 Å². The van der Waals surface area contributed by atoms with Crippen molar-refractivity contribution >= 4 is 40.0 Å². The number of anilines is 2. The highest BCUT2D eigenvalue weighted by Crippen LogP contribution is 2.25. The molecule has 0 spiro atoms. The lowest BCUT2D eigenvalue weighted by Crippen LogP contribution is -2.20. The molecule has 1 unspecified atom stereocenters. The van der Waals surface area contributed by atoms with Gasteiger partial charge in [0, 0.05) is 10.7 Å². The summed E-state index contributed by atoms with van der Waals surface area (Å²) in [5, 5.41) is 17.9. The number of fused-ring (bicyclic) bond motifs is 1. The second-order valence-corrected chi connectivity index (χ2v) is 6.88. The van der Waals surface area contributed by atoms with Crippen LogP contribution in [-0.4, -0.2) is 30.8 Å². The Balaban J connectivity index is 1.57. The lowest BCUT2D eigenvalue weighted by Gasteiger charge is -2.12. The summed E-state index contributed by atoms with van der Waals surface area (Å²) >= 11 is 5.91. The maximum atomic E-state index is 12.3. The smallest absolute Gasteiger partial charge is 0.257 e. The molecule has 0 saturated heterocycles. The molecule has 0 radical (unpaired) electrons. The normalized spacial score (nSPS) is 12.1. The summed E-state index contributed by atoms with van der Waals surface area (Å²) in [7, 11) is 0. The molecule has 9 heteroatoms. The minimum Gasteiger partial charge on any atom is -0.382 e. The maximum Gasteiger partial charge on any atom is 0.257 e. The molecule has 0 aliphatic heterocycles. The molecule has 2 aromatic carbocycles. The van der Waals surface area contributed by atoms with Crippen molar-refractivity contribution in [2.75, 3.05) is 11.1 Å². The molecule has 1 amide bonds. The van der Waals surface area contributed by atoms with Gasteiger partial charge in [-0.05, 0) is 48.9 Å². The summed E-state index contributed by atoms with van der Waals surface area (Å²) in [5.41, 5.74) is 9.71. The van der Waals surface area contributed by atoms with Crippen LogP contribution in [0.5, 0.6) is 0 Å². The molecule has 0 saturated carbocycles. The van der Waals surface area contributed by atoms with E-state index in [-0.39, 0.29) is 0 Å². The third kappa shape index (κ3) is 3.63. The number of carbonyl (C=O) groups is 1. The molecule has 0 aliphatic carbocycles. The predicted octanol–water partition coefficient (Wildman–Crippen LogP) is 3.03. The van der Waals surface area contributed by atoms with E-state index in [0.29, 0.717) is 33.1 Å². The number of nitrogen functional groups attached to an aromatic ring is 1. The quantitative estimate of drug-likeness (QED) is 0.477. The van der Waals surface area contributed by atoms with E-state index in [2.05, 4.69) is 20.4 Å². The van der Waals surface area contributed by atoms with E-state index >= 15 is 0 Å². The van der Waals surface area contributed by atoms with Gasteiger partial charge in [-0.2, -0.15) is 5.10 Å². The molecule has 8 nitrogen and oxygen atoms in total. The fourth-order valence-electron chi connectivity index (χ4n) is 3.02. The Hall–Kier alpha value is -3.49. The van der Waals surface area contributed by atoms with Crippen LogP contribution >= 0.6 is 11.6 Å². The topological polar surface area (TPSA) is 119 Å². The van der Waals surface area contributed by atoms with Gasteiger partial charge in [0.2, 0.25) is 0 Å². The van der Waals surface area contributed by atoms with E-state index in [1.54, 1.807) is 53.2 Å². The third-order valence-electron chi connectivity index (χ3n) is 4.45. The monoisotopic (exact) mass is 408 g/mol. The van der Waals surface area contributed by atoms with E-state index in [1.165, 1.54) is 6.33 Å². The number of amides is 1. The number of rotatable bonds is 4. The van der Waals surface area contributed by atoms with Gasteiger partial charge < -0.3 is 16.2 Å². The molecule has 1 atom stereocenters. The van der Waals surface area contributed by atoms with Gasteiger partial charge in [-0.1, -0.05) is 23.7 Å². The van der Waals surface area contributed by atoms with Crippen LogP contribution < -0.4 is 11.1 Å². The van der Waals surface area contributed by atoms with Crippen LogP contribution in [0, 0.1) is 6.92 Å². The SMILES string of the molecule is Cc1nn(-c2ccc(NC(=O)C(O)c3cccc(Cl)c3)cc2)c2c(N)ncnc12. The Kier molecular flexibility index (Phi) is 4.87. The first-order chi connectivity index (χ1) is 13.9. The highest BCUT2D eigenvalue weighted by molar-refractivity contribution is 6.30. The van der Waals surface area contributed by atoms with Gasteiger partial charge >= 0.3 is 0 Å². The second kappa shape index (κ2) is 7.50. The van der Waals surface area contributed by atoms with Crippen molar-refractivity contribution < 1.29 is 9.90 Å². The van der Waals surface area contributed by atoms with Crippen molar-refractivity contribution in [1.82, 2.24) is 19.7 Å². The van der Waals surface area contributed by atoms with Crippen LogP contribution in [0.2, 0.25) is 5.02 Å². The fraction of sp³-hybridized carbons (Fsp3) is 0.100. The van der Waals surface area contributed by atoms with Crippen LogP contribution in [-0.2, 0) is 4.79 Å². The third-order valence-corrected chi connectivity index (χ3v) is 4.68. The number of nitrogens with zero attached hydrogens (tertiary/aromatic N) is 4. The number of aliphatic hydroxyl groups is 1. The number of nitrogens with one attached hydrogen (secondary N) is 1. The maximum absolute atomic E-state index is 12.3. The van der Waals surface area contributed by atoms with Gasteiger partial charge in [0.1, 0.15) is 17.4 Å². The van der Waals surface area contributed by atoms with Crippen LogP contribution in [0.4, 0.5) is 11.5 Å². The van der Waals surface area contributed by atoms with Gasteiger partial charge in [0.05, 0.1) is 11.4 Å². The zero-order valence-corrected chi connectivity index (χ0v) is 16.1. The molecule has 4 rings (SSSR count). The van der Waals surface area contributed by atoms with Crippen LogP contribution in [0.25, 0.3) is 16.7 Å². The van der Waals surface area contributed by atoms with Crippen LogP contribution in [0.1, 0.15) is 17.4 Å². The van der Waals surface area contributed by atoms with E-state index in [4.69, 9.17) is 17.3 Å². The number of hydrogen-bond acceptors (Lipinski definition) is 6. The van der Waals surface area contributed by atoms with Crippen molar-refractivity contribution in [2.45, 2.75) is 13.0 Å². The minimum atomic E-state index is -1.33. The Morgan fingerprint density at radius 1 is 1.21 bits per heavy atom. The van der Waals surface area contributed by atoms with Crippen molar-refractivity contribution in [1.29, 1.82) is 0 Å². The minimum absolute atomic E-state index is 0.331. The molecule has 0 bridgehead atoms. The summed E-state index contributed by atoms with van der Waals surface area (Å²) in [4.78, 5) is 20.6. The average molecular weight is 409 g/mol. The number of benzene rings is 2. The molecule has 29 heavy (non-hydrogen) atoms. The molecule has 2 heterocycles. The molecular weight excluding hydrogens is 392 g/mol.